The van der Waals surface area contributed by atoms with Crippen molar-refractivity contribution in [1.29, 1.82) is 0 Å². The molecule has 22 heavy (non-hydrogen) atoms. The maximum atomic E-state index is 14.3. The summed E-state index contributed by atoms with van der Waals surface area (Å²) in [5.41, 5.74) is 0.280. The molecule has 1 saturated heterocycles. The zero-order chi connectivity index (χ0) is 16.3. The predicted octanol–water partition coefficient (Wildman–Crippen LogP) is 1.74. The van der Waals surface area contributed by atoms with Crippen molar-refractivity contribution in [1.82, 2.24) is 10.2 Å². The molecular weight excluding hydrogens is 362 g/mol. The lowest BCUT2D eigenvalue weighted by atomic mass is 9.97. The Labute approximate surface area is 136 Å². The van der Waals surface area contributed by atoms with E-state index in [1.54, 1.807) is 4.90 Å². The number of phenols is 1. The van der Waals surface area contributed by atoms with Gasteiger partial charge < -0.3 is 20.3 Å². The molecule has 1 aromatic carbocycles. The highest BCUT2D eigenvalue weighted by Crippen LogP contribution is 2.42. The largest absolute Gasteiger partial charge is 0.503 e. The molecule has 1 aromatic rings. The van der Waals surface area contributed by atoms with Crippen LogP contribution in [0.2, 0.25) is 0 Å². The summed E-state index contributed by atoms with van der Waals surface area (Å²) in [6.07, 6.45) is 0. The lowest BCUT2D eigenvalue weighted by Crippen LogP contribution is -2.51. The number of aromatic hydroxyl groups is 1. The van der Waals surface area contributed by atoms with Crippen LogP contribution in [0.15, 0.2) is 16.6 Å². The number of hydrogen-bond acceptors (Lipinski definition) is 5. The number of aliphatic hydroxyl groups excluding tert-OH is 1. The first-order chi connectivity index (χ1) is 10.4. The number of halogens is 3. The number of hydrogen-bond donors (Lipinski definition) is 3. The van der Waals surface area contributed by atoms with Gasteiger partial charge in [0.15, 0.2) is 11.5 Å². The van der Waals surface area contributed by atoms with Crippen LogP contribution in [-0.2, 0) is 0 Å². The molecule has 1 aliphatic rings. The first-order valence-corrected chi connectivity index (χ1v) is 7.70. The summed E-state index contributed by atoms with van der Waals surface area (Å²) >= 11 is 3.15. The highest BCUT2D eigenvalue weighted by Gasteiger charge is 2.44. The van der Waals surface area contributed by atoms with E-state index in [1.807, 2.05) is 0 Å². The smallest absolute Gasteiger partial charge is 0.289 e. The number of piperazine rings is 1. The van der Waals surface area contributed by atoms with Gasteiger partial charge >= 0.3 is 0 Å². The fourth-order valence-corrected chi connectivity index (χ4v) is 3.12. The molecule has 0 saturated carbocycles. The van der Waals surface area contributed by atoms with Crippen molar-refractivity contribution < 1.29 is 23.7 Å². The van der Waals surface area contributed by atoms with Gasteiger partial charge in [0.2, 0.25) is 0 Å². The van der Waals surface area contributed by atoms with E-state index in [2.05, 4.69) is 21.2 Å². The molecule has 0 unspecified atom stereocenters. The molecule has 0 spiro atoms. The number of ether oxygens (including phenoxy) is 1. The molecule has 1 atom stereocenters. The molecule has 0 amide bonds. The molecule has 8 heteroatoms. The van der Waals surface area contributed by atoms with Crippen LogP contribution in [0.3, 0.4) is 0 Å². The number of aliphatic hydroxyl groups is 1. The molecular formula is C14H19BrF2N2O3. The maximum absolute atomic E-state index is 14.3. The second-order valence-electron chi connectivity index (χ2n) is 5.16. The van der Waals surface area contributed by atoms with Crippen molar-refractivity contribution in [2.24, 2.45) is 0 Å². The highest BCUT2D eigenvalue weighted by molar-refractivity contribution is 9.10. The zero-order valence-electron chi connectivity index (χ0n) is 12.2. The standard InChI is InChI=1S/C14H19BrF2N2O3/c1-22-11-7-9(6-10(15)12(11)21)13(14(16,17)8-20)19-4-2-18-3-5-19/h6-7,13,18,20-21H,2-5,8H2,1H3/t13-/m1/s1. The molecule has 3 N–H and O–H groups in total. The molecule has 0 bridgehead atoms. The van der Waals surface area contributed by atoms with Gasteiger partial charge in [-0.15, -0.1) is 0 Å². The van der Waals surface area contributed by atoms with Crippen LogP contribution >= 0.6 is 15.9 Å². The minimum absolute atomic E-state index is 0.109. The average molecular weight is 381 g/mol. The van der Waals surface area contributed by atoms with Gasteiger partial charge in [-0.05, 0) is 33.6 Å². The van der Waals surface area contributed by atoms with E-state index in [9.17, 15) is 13.9 Å². The third-order valence-corrected chi connectivity index (χ3v) is 4.32. The van der Waals surface area contributed by atoms with Gasteiger partial charge in [-0.2, -0.15) is 0 Å². The van der Waals surface area contributed by atoms with Crippen LogP contribution < -0.4 is 10.1 Å². The summed E-state index contributed by atoms with van der Waals surface area (Å²) in [6, 6.07) is 1.54. The molecule has 124 valence electrons. The summed E-state index contributed by atoms with van der Waals surface area (Å²) in [7, 11) is 1.36. The molecule has 1 aliphatic heterocycles. The third-order valence-electron chi connectivity index (χ3n) is 3.71. The number of nitrogens with one attached hydrogen (secondary N) is 1. The Morgan fingerprint density at radius 2 is 2.05 bits per heavy atom. The number of phenolic OH excluding ortho intramolecular Hbond substituents is 1. The first kappa shape index (κ1) is 17.4. The second kappa shape index (κ2) is 7.08. The van der Waals surface area contributed by atoms with E-state index in [1.165, 1.54) is 19.2 Å². The van der Waals surface area contributed by atoms with Gasteiger partial charge in [0.05, 0.1) is 11.6 Å². The van der Waals surface area contributed by atoms with Gasteiger partial charge in [-0.25, -0.2) is 8.78 Å². The summed E-state index contributed by atoms with van der Waals surface area (Å²) in [5.74, 6) is -3.34. The minimum Gasteiger partial charge on any atom is -0.503 e. The third kappa shape index (κ3) is 3.51. The molecule has 5 nitrogen and oxygen atoms in total. The Bertz CT molecular complexity index is 525. The van der Waals surface area contributed by atoms with Gasteiger partial charge in [0.1, 0.15) is 12.6 Å². The fourth-order valence-electron chi connectivity index (χ4n) is 2.66. The van der Waals surface area contributed by atoms with Crippen LogP contribution in [0, 0.1) is 0 Å². The number of methoxy groups -OCH3 is 1. The zero-order valence-corrected chi connectivity index (χ0v) is 13.7. The monoisotopic (exact) mass is 380 g/mol. The highest BCUT2D eigenvalue weighted by atomic mass is 79.9. The van der Waals surface area contributed by atoms with E-state index in [0.717, 1.165) is 0 Å². The van der Waals surface area contributed by atoms with Crippen LogP contribution in [-0.4, -0.2) is 60.9 Å². The molecule has 0 aromatic heterocycles. The average Bonchev–Trinajstić information content (AvgIpc) is 2.51. The SMILES string of the molecule is COc1cc([C@@H](N2CCNCC2)C(F)(F)CO)cc(Br)c1O. The van der Waals surface area contributed by atoms with Gasteiger partial charge in [-0.1, -0.05) is 0 Å². The number of nitrogens with zero attached hydrogens (tertiary/aromatic N) is 1. The van der Waals surface area contributed by atoms with Gasteiger partial charge in [-0.3, -0.25) is 4.90 Å². The Hall–Kier alpha value is -0.960. The summed E-state index contributed by atoms with van der Waals surface area (Å²) in [6.45, 7) is 0.854. The summed E-state index contributed by atoms with van der Waals surface area (Å²) in [5, 5.41) is 22.1. The van der Waals surface area contributed by atoms with Gasteiger partial charge in [0, 0.05) is 26.2 Å². The van der Waals surface area contributed by atoms with E-state index >= 15 is 0 Å². The molecule has 0 aliphatic carbocycles. The normalized spacial score (nSPS) is 18.2. The Morgan fingerprint density at radius 1 is 1.41 bits per heavy atom. The summed E-state index contributed by atoms with van der Waals surface area (Å²) in [4.78, 5) is 1.63. The fraction of sp³-hybridized carbons (Fsp3) is 0.571. The quantitative estimate of drug-likeness (QED) is 0.725. The van der Waals surface area contributed by atoms with Crippen LogP contribution in [0.25, 0.3) is 0 Å². The van der Waals surface area contributed by atoms with Crippen molar-refractivity contribution >= 4 is 15.9 Å². The lowest BCUT2D eigenvalue weighted by molar-refractivity contribution is -0.118. The van der Waals surface area contributed by atoms with Crippen molar-refractivity contribution in [2.75, 3.05) is 39.9 Å². The van der Waals surface area contributed by atoms with Crippen molar-refractivity contribution in [3.05, 3.63) is 22.2 Å². The lowest BCUT2D eigenvalue weighted by Gasteiger charge is -2.39. The summed E-state index contributed by atoms with van der Waals surface area (Å²) < 4.78 is 34.0. The van der Waals surface area contributed by atoms with E-state index in [-0.39, 0.29) is 21.5 Å². The van der Waals surface area contributed by atoms with Crippen LogP contribution in [0.4, 0.5) is 8.78 Å². The molecule has 0 radical (unpaired) electrons. The Balaban J connectivity index is 2.46. The predicted molar refractivity (Wildman–Crippen MR) is 81.6 cm³/mol. The second-order valence-corrected chi connectivity index (χ2v) is 6.02. The molecule has 1 fully saturated rings. The maximum Gasteiger partial charge on any atom is 0.289 e. The van der Waals surface area contributed by atoms with Crippen molar-refractivity contribution in [2.45, 2.75) is 12.0 Å². The molecule has 2 rings (SSSR count). The topological polar surface area (TPSA) is 65.0 Å². The van der Waals surface area contributed by atoms with E-state index < -0.39 is 18.6 Å². The van der Waals surface area contributed by atoms with E-state index in [4.69, 9.17) is 9.84 Å². The van der Waals surface area contributed by atoms with Crippen molar-refractivity contribution in [3.8, 4) is 11.5 Å². The number of alkyl halides is 2. The van der Waals surface area contributed by atoms with Crippen molar-refractivity contribution in [3.63, 3.8) is 0 Å². The van der Waals surface area contributed by atoms with E-state index in [0.29, 0.717) is 26.2 Å². The van der Waals surface area contributed by atoms with Gasteiger partial charge in [0.25, 0.3) is 5.92 Å². The minimum atomic E-state index is -3.31. The van der Waals surface area contributed by atoms with Crippen LogP contribution in [0.5, 0.6) is 11.5 Å². The Kier molecular flexibility index (Phi) is 5.60. The molecule has 1 heterocycles. The Morgan fingerprint density at radius 3 is 2.59 bits per heavy atom. The van der Waals surface area contributed by atoms with Crippen LogP contribution in [0.1, 0.15) is 11.6 Å². The number of rotatable bonds is 5. The number of benzene rings is 1. The first-order valence-electron chi connectivity index (χ1n) is 6.90.